The Morgan fingerprint density at radius 3 is 2.59 bits per heavy atom. The fraction of sp³-hybridized carbons (Fsp3) is 0.190. The summed E-state index contributed by atoms with van der Waals surface area (Å²) in [6.45, 7) is 1.89. The highest BCUT2D eigenvalue weighted by atomic mass is 32.1. The molecule has 2 amide bonds. The third kappa shape index (κ3) is 4.80. The number of fused-ring (bicyclic) bond motifs is 1. The van der Waals surface area contributed by atoms with E-state index in [1.54, 1.807) is 29.4 Å². The second-order valence-electron chi connectivity index (χ2n) is 6.16. The Bertz CT molecular complexity index is 933. The summed E-state index contributed by atoms with van der Waals surface area (Å²) in [6, 6.07) is 17.3. The van der Waals surface area contributed by atoms with E-state index in [0.29, 0.717) is 0 Å². The van der Waals surface area contributed by atoms with Crippen LogP contribution in [0.15, 0.2) is 60.7 Å². The van der Waals surface area contributed by atoms with Crippen LogP contribution in [0.1, 0.15) is 23.5 Å². The van der Waals surface area contributed by atoms with E-state index in [0.717, 1.165) is 20.8 Å². The van der Waals surface area contributed by atoms with Crippen molar-refractivity contribution in [2.45, 2.75) is 13.0 Å². The SMILES string of the molecule is C[C@H](c1nc2ccccc2s1)N(C)C(=O)CNC(=O)/C=C/c1ccccc1. The third-order valence-electron chi connectivity index (χ3n) is 4.28. The smallest absolute Gasteiger partial charge is 0.244 e. The number of amides is 2. The molecule has 0 saturated carbocycles. The zero-order valence-electron chi connectivity index (χ0n) is 15.3. The van der Waals surface area contributed by atoms with Crippen molar-refractivity contribution >= 4 is 39.4 Å². The van der Waals surface area contributed by atoms with Crippen LogP contribution in [-0.4, -0.2) is 35.3 Å². The third-order valence-corrected chi connectivity index (χ3v) is 5.49. The van der Waals surface area contributed by atoms with Crippen LogP contribution in [-0.2, 0) is 9.59 Å². The molecular formula is C21H21N3O2S. The quantitative estimate of drug-likeness (QED) is 0.665. The highest BCUT2D eigenvalue weighted by molar-refractivity contribution is 7.18. The second-order valence-corrected chi connectivity index (χ2v) is 7.22. The molecule has 0 fully saturated rings. The highest BCUT2D eigenvalue weighted by Crippen LogP contribution is 2.28. The maximum absolute atomic E-state index is 12.4. The summed E-state index contributed by atoms with van der Waals surface area (Å²) in [5.41, 5.74) is 1.87. The van der Waals surface area contributed by atoms with Gasteiger partial charge in [0.05, 0.1) is 22.8 Å². The molecule has 0 aliphatic heterocycles. The van der Waals surface area contributed by atoms with Crippen LogP contribution in [0, 0.1) is 0 Å². The summed E-state index contributed by atoms with van der Waals surface area (Å²) in [6.07, 6.45) is 3.15. The Kier molecular flexibility index (Phi) is 5.98. The number of nitrogens with one attached hydrogen (secondary N) is 1. The van der Waals surface area contributed by atoms with E-state index < -0.39 is 0 Å². The molecule has 6 heteroatoms. The first kappa shape index (κ1) is 18.8. The van der Waals surface area contributed by atoms with Gasteiger partial charge in [-0.3, -0.25) is 9.59 Å². The van der Waals surface area contributed by atoms with Gasteiger partial charge in [0.25, 0.3) is 0 Å². The molecule has 0 radical (unpaired) electrons. The van der Waals surface area contributed by atoms with E-state index in [4.69, 9.17) is 0 Å². The second kappa shape index (κ2) is 8.60. The molecule has 0 aliphatic carbocycles. The lowest BCUT2D eigenvalue weighted by molar-refractivity contribution is -0.132. The molecule has 3 aromatic rings. The number of likely N-dealkylation sites (N-methyl/N-ethyl adjacent to an activating group) is 1. The number of aromatic nitrogens is 1. The van der Waals surface area contributed by atoms with Gasteiger partial charge >= 0.3 is 0 Å². The molecule has 27 heavy (non-hydrogen) atoms. The van der Waals surface area contributed by atoms with Crippen molar-refractivity contribution in [2.75, 3.05) is 13.6 Å². The van der Waals surface area contributed by atoms with Crippen molar-refractivity contribution in [1.82, 2.24) is 15.2 Å². The molecule has 2 aromatic carbocycles. The lowest BCUT2D eigenvalue weighted by Gasteiger charge is -2.23. The van der Waals surface area contributed by atoms with E-state index in [9.17, 15) is 9.59 Å². The van der Waals surface area contributed by atoms with Gasteiger partial charge in [-0.25, -0.2) is 4.98 Å². The number of benzene rings is 2. The minimum Gasteiger partial charge on any atom is -0.343 e. The molecule has 1 heterocycles. The van der Waals surface area contributed by atoms with Crippen LogP contribution >= 0.6 is 11.3 Å². The first-order chi connectivity index (χ1) is 13.0. The van der Waals surface area contributed by atoms with Crippen molar-refractivity contribution < 1.29 is 9.59 Å². The number of para-hydroxylation sites is 1. The Labute approximate surface area is 162 Å². The van der Waals surface area contributed by atoms with Crippen molar-refractivity contribution in [2.24, 2.45) is 0 Å². The summed E-state index contributed by atoms with van der Waals surface area (Å²) in [5.74, 6) is -0.462. The van der Waals surface area contributed by atoms with E-state index in [-0.39, 0.29) is 24.4 Å². The first-order valence-electron chi connectivity index (χ1n) is 8.66. The average Bonchev–Trinajstić information content (AvgIpc) is 3.14. The average molecular weight is 379 g/mol. The molecule has 138 valence electrons. The minimum atomic E-state index is -0.298. The number of rotatable bonds is 6. The van der Waals surface area contributed by atoms with Crippen LogP contribution in [0.4, 0.5) is 0 Å². The maximum Gasteiger partial charge on any atom is 0.244 e. The summed E-state index contributed by atoms with van der Waals surface area (Å²) in [5, 5.41) is 3.51. The molecule has 0 aliphatic rings. The molecule has 1 atom stereocenters. The van der Waals surface area contributed by atoms with Crippen LogP contribution < -0.4 is 5.32 Å². The van der Waals surface area contributed by atoms with Gasteiger partial charge in [0, 0.05) is 13.1 Å². The maximum atomic E-state index is 12.4. The van der Waals surface area contributed by atoms with Crippen LogP contribution in [0.2, 0.25) is 0 Å². The fourth-order valence-corrected chi connectivity index (χ4v) is 3.60. The molecule has 5 nitrogen and oxygen atoms in total. The van der Waals surface area contributed by atoms with E-state index in [1.807, 2.05) is 61.5 Å². The monoisotopic (exact) mass is 379 g/mol. The van der Waals surface area contributed by atoms with E-state index in [1.165, 1.54) is 6.08 Å². The Morgan fingerprint density at radius 1 is 1.15 bits per heavy atom. The van der Waals surface area contributed by atoms with Crippen molar-refractivity contribution in [1.29, 1.82) is 0 Å². The van der Waals surface area contributed by atoms with Crippen molar-refractivity contribution in [3.63, 3.8) is 0 Å². The molecule has 0 saturated heterocycles. The molecular weight excluding hydrogens is 358 g/mol. The molecule has 1 aromatic heterocycles. The van der Waals surface area contributed by atoms with Gasteiger partial charge in [0.2, 0.25) is 11.8 Å². The summed E-state index contributed by atoms with van der Waals surface area (Å²) >= 11 is 1.58. The van der Waals surface area contributed by atoms with Gasteiger partial charge in [0.1, 0.15) is 5.01 Å². The van der Waals surface area contributed by atoms with Crippen molar-refractivity contribution in [3.8, 4) is 0 Å². The molecule has 0 bridgehead atoms. The Hall–Kier alpha value is -2.99. The topological polar surface area (TPSA) is 62.3 Å². The van der Waals surface area contributed by atoms with E-state index >= 15 is 0 Å². The highest BCUT2D eigenvalue weighted by Gasteiger charge is 2.20. The van der Waals surface area contributed by atoms with E-state index in [2.05, 4.69) is 10.3 Å². The normalized spacial score (nSPS) is 12.2. The zero-order valence-corrected chi connectivity index (χ0v) is 16.1. The molecule has 3 rings (SSSR count). The lowest BCUT2D eigenvalue weighted by Crippen LogP contribution is -2.38. The molecule has 1 N–H and O–H groups in total. The standard InChI is InChI=1S/C21H21N3O2S/c1-15(21-23-17-10-6-7-11-18(17)27-21)24(2)20(26)14-22-19(25)13-12-16-8-4-3-5-9-16/h3-13,15H,14H2,1-2H3,(H,22,25)/b13-12+/t15-/m1/s1. The molecule has 0 unspecified atom stereocenters. The van der Waals surface area contributed by atoms with Crippen LogP contribution in [0.5, 0.6) is 0 Å². The van der Waals surface area contributed by atoms with Crippen LogP contribution in [0.3, 0.4) is 0 Å². The van der Waals surface area contributed by atoms with Crippen molar-refractivity contribution in [3.05, 3.63) is 71.2 Å². The Balaban J connectivity index is 1.55. The largest absolute Gasteiger partial charge is 0.343 e. The summed E-state index contributed by atoms with van der Waals surface area (Å²) in [4.78, 5) is 30.5. The number of nitrogens with zero attached hydrogens (tertiary/aromatic N) is 2. The summed E-state index contributed by atoms with van der Waals surface area (Å²) < 4.78 is 1.10. The van der Waals surface area contributed by atoms with Gasteiger partial charge < -0.3 is 10.2 Å². The Morgan fingerprint density at radius 2 is 1.85 bits per heavy atom. The number of hydrogen-bond donors (Lipinski definition) is 1. The minimum absolute atomic E-state index is 0.0519. The lowest BCUT2D eigenvalue weighted by atomic mass is 10.2. The number of carbonyl (C=O) groups excluding carboxylic acids is 2. The number of thiazole rings is 1. The fourth-order valence-electron chi connectivity index (χ4n) is 2.53. The van der Waals surface area contributed by atoms with Gasteiger partial charge in [0.15, 0.2) is 0 Å². The number of hydrogen-bond acceptors (Lipinski definition) is 4. The predicted octanol–water partition coefficient (Wildman–Crippen LogP) is 3.65. The molecule has 0 spiro atoms. The number of carbonyl (C=O) groups is 2. The first-order valence-corrected chi connectivity index (χ1v) is 9.48. The summed E-state index contributed by atoms with van der Waals surface area (Å²) in [7, 11) is 1.73. The van der Waals surface area contributed by atoms with Gasteiger partial charge in [-0.05, 0) is 30.7 Å². The predicted molar refractivity (Wildman–Crippen MR) is 109 cm³/mol. The zero-order chi connectivity index (χ0) is 19.2. The van der Waals surface area contributed by atoms with Gasteiger partial charge in [-0.15, -0.1) is 11.3 Å². The van der Waals surface area contributed by atoms with Gasteiger partial charge in [-0.1, -0.05) is 42.5 Å². The van der Waals surface area contributed by atoms with Gasteiger partial charge in [-0.2, -0.15) is 0 Å². The van der Waals surface area contributed by atoms with Crippen LogP contribution in [0.25, 0.3) is 16.3 Å².